The minimum absolute atomic E-state index is 0.127. The third-order valence-corrected chi connectivity index (χ3v) is 5.96. The number of para-hydroxylation sites is 1. The first kappa shape index (κ1) is 26.9. The Morgan fingerprint density at radius 1 is 0.972 bits per heavy atom. The molecule has 1 N–H and O–H groups in total. The lowest BCUT2D eigenvalue weighted by atomic mass is 10.0. The van der Waals surface area contributed by atoms with E-state index in [0.29, 0.717) is 23.6 Å². The molecule has 2 amide bonds. The van der Waals surface area contributed by atoms with Crippen LogP contribution in [0.25, 0.3) is 0 Å². The number of nitro groups is 1. The van der Waals surface area contributed by atoms with Crippen LogP contribution in [0, 0.1) is 16.0 Å². The van der Waals surface area contributed by atoms with Gasteiger partial charge in [-0.1, -0.05) is 86.1 Å². The molecule has 36 heavy (non-hydrogen) atoms. The van der Waals surface area contributed by atoms with Crippen molar-refractivity contribution < 1.29 is 14.5 Å². The van der Waals surface area contributed by atoms with Gasteiger partial charge in [-0.05, 0) is 29.2 Å². The molecule has 7 nitrogen and oxygen atoms in total. The molecule has 3 rings (SSSR count). The van der Waals surface area contributed by atoms with Gasteiger partial charge in [-0.3, -0.25) is 19.7 Å². The zero-order chi connectivity index (χ0) is 26.1. The number of nitrogens with one attached hydrogen (secondary N) is 1. The van der Waals surface area contributed by atoms with E-state index in [2.05, 4.69) is 5.32 Å². The van der Waals surface area contributed by atoms with Gasteiger partial charge in [0.1, 0.15) is 6.04 Å². The number of halogens is 1. The maximum atomic E-state index is 13.7. The lowest BCUT2D eigenvalue weighted by Gasteiger charge is -2.32. The molecule has 0 spiro atoms. The number of amides is 2. The van der Waals surface area contributed by atoms with Crippen LogP contribution in [0.2, 0.25) is 5.02 Å². The summed E-state index contributed by atoms with van der Waals surface area (Å²) in [5.74, 6) is -0.425. The van der Waals surface area contributed by atoms with Crippen LogP contribution in [-0.4, -0.2) is 34.2 Å². The number of nitro benzene ring substituents is 1. The van der Waals surface area contributed by atoms with Crippen molar-refractivity contribution in [1.82, 2.24) is 10.2 Å². The fraction of sp³-hybridized carbons (Fsp3) is 0.286. The Morgan fingerprint density at radius 2 is 1.64 bits per heavy atom. The predicted molar refractivity (Wildman–Crippen MR) is 141 cm³/mol. The maximum absolute atomic E-state index is 13.7. The highest BCUT2D eigenvalue weighted by Gasteiger charge is 2.31. The molecule has 0 saturated heterocycles. The van der Waals surface area contributed by atoms with Crippen LogP contribution >= 0.6 is 11.6 Å². The number of carbonyl (C=O) groups is 2. The molecule has 0 saturated carbocycles. The average Bonchev–Trinajstić information content (AvgIpc) is 2.85. The van der Waals surface area contributed by atoms with Gasteiger partial charge in [0.25, 0.3) is 5.69 Å². The van der Waals surface area contributed by atoms with Gasteiger partial charge in [0.2, 0.25) is 11.8 Å². The second-order valence-electron chi connectivity index (χ2n) is 9.06. The van der Waals surface area contributed by atoms with Crippen molar-refractivity contribution in [2.24, 2.45) is 5.92 Å². The summed E-state index contributed by atoms with van der Waals surface area (Å²) >= 11 is 6.19. The predicted octanol–water partition coefficient (Wildman–Crippen LogP) is 5.20. The van der Waals surface area contributed by atoms with E-state index in [9.17, 15) is 19.7 Å². The van der Waals surface area contributed by atoms with Gasteiger partial charge < -0.3 is 10.2 Å². The summed E-state index contributed by atoms with van der Waals surface area (Å²) in [6.07, 6.45) is 0.0917. The Balaban J connectivity index is 2.00. The smallest absolute Gasteiger partial charge is 0.273 e. The zero-order valence-electron chi connectivity index (χ0n) is 20.4. The minimum atomic E-state index is -0.819. The summed E-state index contributed by atoms with van der Waals surface area (Å²) in [5.41, 5.74) is 1.83. The lowest BCUT2D eigenvalue weighted by molar-refractivity contribution is -0.385. The lowest BCUT2D eigenvalue weighted by Crippen LogP contribution is -2.51. The Hall–Kier alpha value is -3.71. The average molecular weight is 508 g/mol. The molecule has 0 fully saturated rings. The summed E-state index contributed by atoms with van der Waals surface area (Å²) in [7, 11) is 0. The molecule has 0 aromatic heterocycles. The number of hydrogen-bond acceptors (Lipinski definition) is 4. The molecule has 188 valence electrons. The van der Waals surface area contributed by atoms with Gasteiger partial charge in [-0.25, -0.2) is 0 Å². The third-order valence-electron chi connectivity index (χ3n) is 5.73. The molecular weight excluding hydrogens is 478 g/mol. The van der Waals surface area contributed by atoms with E-state index >= 15 is 0 Å². The van der Waals surface area contributed by atoms with Crippen LogP contribution in [0.5, 0.6) is 0 Å². The fourth-order valence-electron chi connectivity index (χ4n) is 3.91. The fourth-order valence-corrected chi connectivity index (χ4v) is 4.12. The second-order valence-corrected chi connectivity index (χ2v) is 9.50. The van der Waals surface area contributed by atoms with Crippen molar-refractivity contribution in [3.63, 3.8) is 0 Å². The van der Waals surface area contributed by atoms with Crippen molar-refractivity contribution in [1.29, 1.82) is 0 Å². The Labute approximate surface area is 216 Å². The number of nitrogens with zero attached hydrogens (tertiary/aromatic N) is 2. The molecule has 0 unspecified atom stereocenters. The van der Waals surface area contributed by atoms with E-state index in [1.165, 1.54) is 11.0 Å². The number of hydrogen-bond donors (Lipinski definition) is 1. The van der Waals surface area contributed by atoms with Crippen molar-refractivity contribution >= 4 is 29.1 Å². The maximum Gasteiger partial charge on any atom is 0.273 e. The molecule has 0 aliphatic heterocycles. The van der Waals surface area contributed by atoms with E-state index in [-0.39, 0.29) is 36.4 Å². The van der Waals surface area contributed by atoms with E-state index in [1.807, 2.05) is 50.2 Å². The summed E-state index contributed by atoms with van der Waals surface area (Å²) in [4.78, 5) is 39.7. The zero-order valence-corrected chi connectivity index (χ0v) is 21.1. The van der Waals surface area contributed by atoms with Gasteiger partial charge in [-0.15, -0.1) is 0 Å². The van der Waals surface area contributed by atoms with Gasteiger partial charge in [0.15, 0.2) is 0 Å². The van der Waals surface area contributed by atoms with E-state index in [1.54, 1.807) is 36.4 Å². The van der Waals surface area contributed by atoms with Crippen LogP contribution in [0.1, 0.15) is 30.5 Å². The first-order chi connectivity index (χ1) is 17.2. The molecule has 3 aromatic rings. The SMILES string of the molecule is CC(C)CNC(=O)[C@@H](Cc1ccccc1)N(Cc1cccc(Cl)c1)C(=O)Cc1ccccc1[N+](=O)[O-]. The number of rotatable bonds is 11. The Morgan fingerprint density at radius 3 is 2.31 bits per heavy atom. The van der Waals surface area contributed by atoms with E-state index in [4.69, 9.17) is 11.6 Å². The first-order valence-electron chi connectivity index (χ1n) is 11.8. The molecule has 3 aromatic carbocycles. The van der Waals surface area contributed by atoms with E-state index < -0.39 is 11.0 Å². The highest BCUT2D eigenvalue weighted by molar-refractivity contribution is 6.30. The van der Waals surface area contributed by atoms with Crippen molar-refractivity contribution in [3.8, 4) is 0 Å². The molecule has 0 bridgehead atoms. The van der Waals surface area contributed by atoms with Gasteiger partial charge in [0, 0.05) is 36.2 Å². The Kier molecular flexibility index (Phi) is 9.59. The molecule has 0 aliphatic carbocycles. The molecule has 0 radical (unpaired) electrons. The van der Waals surface area contributed by atoms with Gasteiger partial charge >= 0.3 is 0 Å². The second kappa shape index (κ2) is 12.8. The van der Waals surface area contributed by atoms with Gasteiger partial charge in [-0.2, -0.15) is 0 Å². The van der Waals surface area contributed by atoms with Crippen LogP contribution in [-0.2, 0) is 29.0 Å². The summed E-state index contributed by atoms with van der Waals surface area (Å²) in [5, 5.41) is 15.0. The summed E-state index contributed by atoms with van der Waals surface area (Å²) in [6.45, 7) is 4.59. The topological polar surface area (TPSA) is 92.6 Å². The molecule has 0 heterocycles. The minimum Gasteiger partial charge on any atom is -0.354 e. The van der Waals surface area contributed by atoms with Crippen LogP contribution < -0.4 is 5.32 Å². The first-order valence-corrected chi connectivity index (χ1v) is 12.2. The Bertz CT molecular complexity index is 1200. The van der Waals surface area contributed by atoms with Gasteiger partial charge in [0.05, 0.1) is 11.3 Å². The normalized spacial score (nSPS) is 11.7. The quantitative estimate of drug-likeness (QED) is 0.285. The van der Waals surface area contributed by atoms with E-state index in [0.717, 1.165) is 11.1 Å². The number of carbonyl (C=O) groups excluding carboxylic acids is 2. The van der Waals surface area contributed by atoms with Crippen molar-refractivity contribution in [2.75, 3.05) is 6.54 Å². The monoisotopic (exact) mass is 507 g/mol. The highest BCUT2D eigenvalue weighted by atomic mass is 35.5. The molecule has 1 atom stereocenters. The third kappa shape index (κ3) is 7.65. The summed E-state index contributed by atoms with van der Waals surface area (Å²) < 4.78 is 0. The summed E-state index contributed by atoms with van der Waals surface area (Å²) in [6, 6.07) is 21.9. The highest BCUT2D eigenvalue weighted by Crippen LogP contribution is 2.22. The number of benzene rings is 3. The molecule has 8 heteroatoms. The van der Waals surface area contributed by atoms with Crippen LogP contribution in [0.3, 0.4) is 0 Å². The van der Waals surface area contributed by atoms with Crippen molar-refractivity contribution in [3.05, 3.63) is 111 Å². The molecule has 0 aliphatic rings. The largest absolute Gasteiger partial charge is 0.354 e. The molecular formula is C28H30ClN3O4. The van der Waals surface area contributed by atoms with Crippen molar-refractivity contribution in [2.45, 2.75) is 39.3 Å². The standard InChI is InChI=1S/C28H30ClN3O4/c1-20(2)18-30-28(34)26(16-21-9-4-3-5-10-21)31(19-22-11-8-13-24(29)15-22)27(33)17-23-12-6-7-14-25(23)32(35)36/h3-15,20,26H,16-19H2,1-2H3,(H,30,34)/t26-/m1/s1. The van der Waals surface area contributed by atoms with Crippen LogP contribution in [0.15, 0.2) is 78.9 Å². The van der Waals surface area contributed by atoms with Crippen LogP contribution in [0.4, 0.5) is 5.69 Å².